The third-order valence-corrected chi connectivity index (χ3v) is 3.05. The predicted molar refractivity (Wildman–Crippen MR) is 70.6 cm³/mol. The van der Waals surface area contributed by atoms with Gasteiger partial charge < -0.3 is 0 Å². The minimum atomic E-state index is 1.17. The Morgan fingerprint density at radius 3 is 2.31 bits per heavy atom. The molecule has 0 atom stereocenters. The number of benzene rings is 2. The van der Waals surface area contributed by atoms with Crippen molar-refractivity contribution < 1.29 is 0 Å². The highest BCUT2D eigenvalue weighted by atomic mass is 14.1. The van der Waals surface area contributed by atoms with E-state index >= 15 is 0 Å². The Balaban J connectivity index is 2.46. The molecule has 82 valence electrons. The molecule has 0 aliphatic rings. The van der Waals surface area contributed by atoms with E-state index in [0.717, 1.165) is 0 Å². The number of rotatable bonds is 3. The van der Waals surface area contributed by atoms with Gasteiger partial charge in [-0.2, -0.15) is 0 Å². The average molecular weight is 210 g/mol. The average Bonchev–Trinajstić information content (AvgIpc) is 2.33. The second-order valence-electron chi connectivity index (χ2n) is 4.21. The van der Waals surface area contributed by atoms with Crippen LogP contribution in [0.1, 0.15) is 24.5 Å². The molecule has 0 heterocycles. The van der Waals surface area contributed by atoms with Crippen molar-refractivity contribution in [3.05, 3.63) is 59.7 Å². The highest BCUT2D eigenvalue weighted by Crippen LogP contribution is 2.25. The maximum atomic E-state index is 2.24. The van der Waals surface area contributed by atoms with Gasteiger partial charge in [-0.3, -0.25) is 0 Å². The molecular weight excluding hydrogens is 192 g/mol. The van der Waals surface area contributed by atoms with Crippen LogP contribution in [0.5, 0.6) is 0 Å². The summed E-state index contributed by atoms with van der Waals surface area (Å²) < 4.78 is 0. The molecule has 0 radical (unpaired) electrons. The van der Waals surface area contributed by atoms with Crippen molar-refractivity contribution in [3.8, 4) is 11.1 Å². The molecule has 2 aromatic rings. The second-order valence-corrected chi connectivity index (χ2v) is 4.21. The minimum absolute atomic E-state index is 1.17. The zero-order valence-electron chi connectivity index (χ0n) is 10.0. The topological polar surface area (TPSA) is 0 Å². The molecule has 0 saturated heterocycles. The Kier molecular flexibility index (Phi) is 3.40. The van der Waals surface area contributed by atoms with Crippen LogP contribution in [0.3, 0.4) is 0 Å². The van der Waals surface area contributed by atoms with Crippen LogP contribution in [0.2, 0.25) is 0 Å². The van der Waals surface area contributed by atoms with Crippen LogP contribution in [-0.4, -0.2) is 0 Å². The van der Waals surface area contributed by atoms with E-state index < -0.39 is 0 Å². The van der Waals surface area contributed by atoms with Crippen molar-refractivity contribution >= 4 is 0 Å². The van der Waals surface area contributed by atoms with E-state index in [1.807, 2.05) is 0 Å². The third kappa shape index (κ3) is 2.16. The Morgan fingerprint density at radius 1 is 0.875 bits per heavy atom. The maximum Gasteiger partial charge on any atom is -0.0152 e. The summed E-state index contributed by atoms with van der Waals surface area (Å²) in [5, 5.41) is 0. The van der Waals surface area contributed by atoms with E-state index in [-0.39, 0.29) is 0 Å². The molecule has 0 aliphatic carbocycles. The van der Waals surface area contributed by atoms with Gasteiger partial charge in [-0.05, 0) is 35.6 Å². The lowest BCUT2D eigenvalue weighted by Crippen LogP contribution is -1.91. The summed E-state index contributed by atoms with van der Waals surface area (Å²) in [5.74, 6) is 0. The standard InChI is InChI=1S/C16H18/c1-3-8-14-11-7-12-16(13(14)2)15-9-5-4-6-10-15/h4-7,9-12H,3,8H2,1-2H3. The van der Waals surface area contributed by atoms with E-state index in [4.69, 9.17) is 0 Å². The zero-order chi connectivity index (χ0) is 11.4. The van der Waals surface area contributed by atoms with Crippen molar-refractivity contribution in [2.24, 2.45) is 0 Å². The van der Waals surface area contributed by atoms with Crippen LogP contribution >= 0.6 is 0 Å². The molecule has 0 N–H and O–H groups in total. The molecule has 0 aliphatic heterocycles. The SMILES string of the molecule is CCCc1cccc(-c2ccccc2)c1C. The van der Waals surface area contributed by atoms with Crippen molar-refractivity contribution in [2.75, 3.05) is 0 Å². The van der Waals surface area contributed by atoms with Crippen LogP contribution < -0.4 is 0 Å². The Morgan fingerprint density at radius 2 is 1.62 bits per heavy atom. The third-order valence-electron chi connectivity index (χ3n) is 3.05. The second kappa shape index (κ2) is 4.98. The van der Waals surface area contributed by atoms with Crippen LogP contribution in [-0.2, 0) is 6.42 Å². The fourth-order valence-corrected chi connectivity index (χ4v) is 2.15. The minimum Gasteiger partial charge on any atom is -0.0651 e. The summed E-state index contributed by atoms with van der Waals surface area (Å²) in [7, 11) is 0. The molecule has 0 heteroatoms. The highest BCUT2D eigenvalue weighted by molar-refractivity contribution is 5.68. The van der Waals surface area contributed by atoms with E-state index in [9.17, 15) is 0 Å². The number of aryl methyl sites for hydroxylation is 1. The molecule has 0 bridgehead atoms. The molecule has 0 amide bonds. The van der Waals surface area contributed by atoms with Crippen LogP contribution in [0.15, 0.2) is 48.5 Å². The van der Waals surface area contributed by atoms with Crippen LogP contribution in [0.4, 0.5) is 0 Å². The summed E-state index contributed by atoms with van der Waals surface area (Å²) in [5.41, 5.74) is 5.59. The quantitative estimate of drug-likeness (QED) is 0.693. The molecule has 0 unspecified atom stereocenters. The molecule has 0 nitrogen and oxygen atoms in total. The molecular formula is C16H18. The molecule has 16 heavy (non-hydrogen) atoms. The molecule has 0 aromatic heterocycles. The molecule has 0 fully saturated rings. The Hall–Kier alpha value is -1.56. The predicted octanol–water partition coefficient (Wildman–Crippen LogP) is 4.61. The molecule has 0 spiro atoms. The Bertz CT molecular complexity index is 455. The normalized spacial score (nSPS) is 10.4. The zero-order valence-corrected chi connectivity index (χ0v) is 10.0. The van der Waals surface area contributed by atoms with Crippen LogP contribution in [0, 0.1) is 6.92 Å². The van der Waals surface area contributed by atoms with Crippen molar-refractivity contribution in [1.29, 1.82) is 0 Å². The van der Waals surface area contributed by atoms with Crippen LogP contribution in [0.25, 0.3) is 11.1 Å². The lowest BCUT2D eigenvalue weighted by atomic mass is 9.94. The highest BCUT2D eigenvalue weighted by Gasteiger charge is 2.04. The van der Waals surface area contributed by atoms with Gasteiger partial charge in [-0.15, -0.1) is 0 Å². The number of hydrogen-bond donors (Lipinski definition) is 0. The molecule has 2 aromatic carbocycles. The Labute approximate surface area is 97.9 Å². The summed E-state index contributed by atoms with van der Waals surface area (Å²) >= 11 is 0. The summed E-state index contributed by atoms with van der Waals surface area (Å²) in [6.07, 6.45) is 2.38. The largest absolute Gasteiger partial charge is 0.0651 e. The van der Waals surface area contributed by atoms with Crippen molar-refractivity contribution in [2.45, 2.75) is 26.7 Å². The van der Waals surface area contributed by atoms with Gasteiger partial charge >= 0.3 is 0 Å². The summed E-state index contributed by atoms with van der Waals surface area (Å²) in [4.78, 5) is 0. The van der Waals surface area contributed by atoms with Gasteiger partial charge in [0.15, 0.2) is 0 Å². The van der Waals surface area contributed by atoms with Gasteiger partial charge in [0.25, 0.3) is 0 Å². The maximum absolute atomic E-state index is 2.24. The van der Waals surface area contributed by atoms with Crippen molar-refractivity contribution in [3.63, 3.8) is 0 Å². The molecule has 2 rings (SSSR count). The van der Waals surface area contributed by atoms with Gasteiger partial charge in [0.2, 0.25) is 0 Å². The first-order valence-corrected chi connectivity index (χ1v) is 5.97. The van der Waals surface area contributed by atoms with E-state index in [2.05, 4.69) is 62.4 Å². The fraction of sp³-hybridized carbons (Fsp3) is 0.250. The van der Waals surface area contributed by atoms with Gasteiger partial charge in [-0.1, -0.05) is 61.9 Å². The van der Waals surface area contributed by atoms with Crippen molar-refractivity contribution in [1.82, 2.24) is 0 Å². The first kappa shape index (κ1) is 10.9. The molecule has 0 saturated carbocycles. The summed E-state index contributed by atoms with van der Waals surface area (Å²) in [6.45, 7) is 4.46. The van der Waals surface area contributed by atoms with Gasteiger partial charge in [0, 0.05) is 0 Å². The van der Waals surface area contributed by atoms with Gasteiger partial charge in [0.1, 0.15) is 0 Å². The van der Waals surface area contributed by atoms with Gasteiger partial charge in [-0.25, -0.2) is 0 Å². The van der Waals surface area contributed by atoms with Gasteiger partial charge in [0.05, 0.1) is 0 Å². The monoisotopic (exact) mass is 210 g/mol. The fourth-order valence-electron chi connectivity index (χ4n) is 2.15. The van der Waals surface area contributed by atoms with E-state index in [1.165, 1.54) is 35.1 Å². The smallest absolute Gasteiger partial charge is 0.0152 e. The van der Waals surface area contributed by atoms with E-state index in [1.54, 1.807) is 0 Å². The summed E-state index contributed by atoms with van der Waals surface area (Å²) in [6, 6.07) is 17.2. The lowest BCUT2D eigenvalue weighted by molar-refractivity contribution is 0.913. The van der Waals surface area contributed by atoms with E-state index in [0.29, 0.717) is 0 Å². The number of hydrogen-bond acceptors (Lipinski definition) is 0. The lowest BCUT2D eigenvalue weighted by Gasteiger charge is -2.10. The first-order chi connectivity index (χ1) is 7.83. The first-order valence-electron chi connectivity index (χ1n) is 5.97.